The lowest BCUT2D eigenvalue weighted by molar-refractivity contribution is -0.140. The number of aromatic nitrogens is 4. The normalized spacial score (nSPS) is 17.6. The van der Waals surface area contributed by atoms with E-state index in [0.29, 0.717) is 19.7 Å². The molecule has 1 aliphatic rings. The Hall–Kier alpha value is -2.48. The smallest absolute Gasteiger partial charge is 0.244 e. The van der Waals surface area contributed by atoms with Crippen LogP contribution in [0.1, 0.15) is 23.2 Å². The number of anilines is 1. The highest BCUT2D eigenvalue weighted by molar-refractivity contribution is 5.76. The van der Waals surface area contributed by atoms with Gasteiger partial charge < -0.3 is 14.5 Å². The molecule has 25 heavy (non-hydrogen) atoms. The highest BCUT2D eigenvalue weighted by atomic mass is 16.5. The third kappa shape index (κ3) is 3.79. The zero-order chi connectivity index (χ0) is 18.0. The maximum Gasteiger partial charge on any atom is 0.244 e. The molecule has 1 atom stereocenters. The maximum absolute atomic E-state index is 12.7. The van der Waals surface area contributed by atoms with Gasteiger partial charge in [0.25, 0.3) is 0 Å². The third-order valence-electron chi connectivity index (χ3n) is 4.24. The van der Waals surface area contributed by atoms with Crippen LogP contribution in [0.25, 0.3) is 0 Å². The molecule has 1 aliphatic heterocycles. The van der Waals surface area contributed by atoms with Gasteiger partial charge in [0, 0.05) is 38.7 Å². The van der Waals surface area contributed by atoms with Gasteiger partial charge in [-0.05, 0) is 19.9 Å². The Morgan fingerprint density at radius 1 is 1.32 bits per heavy atom. The SMILES string of the molecule is Cc1cc(C)n(CC(=O)N2CCO[C@@H](c3nccnc3N(C)C)C2)n1. The minimum atomic E-state index is -0.274. The minimum absolute atomic E-state index is 0.0368. The van der Waals surface area contributed by atoms with Gasteiger partial charge in [-0.25, -0.2) is 4.98 Å². The third-order valence-corrected chi connectivity index (χ3v) is 4.24. The first-order valence-corrected chi connectivity index (χ1v) is 8.34. The summed E-state index contributed by atoms with van der Waals surface area (Å²) in [5.74, 6) is 0.801. The monoisotopic (exact) mass is 344 g/mol. The topological polar surface area (TPSA) is 76.4 Å². The number of aryl methyl sites for hydroxylation is 2. The summed E-state index contributed by atoms with van der Waals surface area (Å²) in [6.07, 6.45) is 3.04. The average Bonchev–Trinajstić information content (AvgIpc) is 2.92. The predicted octanol–water partition coefficient (Wildman–Crippen LogP) is 0.956. The van der Waals surface area contributed by atoms with Gasteiger partial charge >= 0.3 is 0 Å². The summed E-state index contributed by atoms with van der Waals surface area (Å²) < 4.78 is 7.61. The van der Waals surface area contributed by atoms with Crippen LogP contribution in [0.5, 0.6) is 0 Å². The zero-order valence-corrected chi connectivity index (χ0v) is 15.1. The molecule has 0 aromatic carbocycles. The van der Waals surface area contributed by atoms with Crippen molar-refractivity contribution in [1.82, 2.24) is 24.6 Å². The molecule has 3 heterocycles. The number of hydrogen-bond donors (Lipinski definition) is 0. The molecule has 0 aliphatic carbocycles. The van der Waals surface area contributed by atoms with E-state index in [1.807, 2.05) is 43.8 Å². The molecule has 1 amide bonds. The molecule has 3 rings (SSSR count). The van der Waals surface area contributed by atoms with Crippen molar-refractivity contribution in [3.63, 3.8) is 0 Å². The lowest BCUT2D eigenvalue weighted by Gasteiger charge is -2.33. The number of rotatable bonds is 4. The highest BCUT2D eigenvalue weighted by Crippen LogP contribution is 2.26. The van der Waals surface area contributed by atoms with Gasteiger partial charge in [-0.15, -0.1) is 0 Å². The van der Waals surface area contributed by atoms with Crippen LogP contribution in [0.15, 0.2) is 18.5 Å². The molecule has 2 aromatic rings. The van der Waals surface area contributed by atoms with Crippen LogP contribution in [0.3, 0.4) is 0 Å². The minimum Gasteiger partial charge on any atom is -0.368 e. The molecular formula is C17H24N6O2. The van der Waals surface area contributed by atoms with Gasteiger partial charge in [-0.1, -0.05) is 0 Å². The van der Waals surface area contributed by atoms with E-state index in [1.165, 1.54) is 0 Å². The molecule has 8 heteroatoms. The van der Waals surface area contributed by atoms with Crippen LogP contribution in [0.2, 0.25) is 0 Å². The Morgan fingerprint density at radius 3 is 2.76 bits per heavy atom. The van der Waals surface area contributed by atoms with Crippen LogP contribution in [0, 0.1) is 13.8 Å². The summed E-state index contributed by atoms with van der Waals surface area (Å²) in [6, 6.07) is 1.97. The number of amides is 1. The molecular weight excluding hydrogens is 320 g/mol. The molecule has 0 saturated carbocycles. The lowest BCUT2D eigenvalue weighted by Crippen LogP contribution is -2.44. The van der Waals surface area contributed by atoms with E-state index in [1.54, 1.807) is 17.1 Å². The number of hydrogen-bond acceptors (Lipinski definition) is 6. The molecule has 0 radical (unpaired) electrons. The van der Waals surface area contributed by atoms with Gasteiger partial charge in [0.1, 0.15) is 18.3 Å². The summed E-state index contributed by atoms with van der Waals surface area (Å²) in [6.45, 7) is 5.65. The van der Waals surface area contributed by atoms with Gasteiger partial charge in [0.15, 0.2) is 5.82 Å². The van der Waals surface area contributed by atoms with Gasteiger partial charge in [0.05, 0.1) is 18.8 Å². The van der Waals surface area contributed by atoms with E-state index in [2.05, 4.69) is 15.1 Å². The Kier molecular flexibility index (Phi) is 4.98. The molecule has 0 unspecified atom stereocenters. The van der Waals surface area contributed by atoms with Crippen molar-refractivity contribution in [2.24, 2.45) is 0 Å². The fourth-order valence-corrected chi connectivity index (χ4v) is 3.02. The molecule has 0 N–H and O–H groups in total. The standard InChI is InChI=1S/C17H24N6O2/c1-12-9-13(2)23(20-12)11-15(24)22-7-8-25-14(10-22)16-17(21(3)4)19-6-5-18-16/h5-6,9,14H,7-8,10-11H2,1-4H3/t14-/m1/s1. The maximum atomic E-state index is 12.7. The van der Waals surface area contributed by atoms with Crippen LogP contribution in [-0.4, -0.2) is 64.3 Å². The second kappa shape index (κ2) is 7.18. The van der Waals surface area contributed by atoms with Crippen LogP contribution < -0.4 is 4.90 Å². The van der Waals surface area contributed by atoms with Crippen molar-refractivity contribution in [2.75, 3.05) is 38.7 Å². The lowest BCUT2D eigenvalue weighted by atomic mass is 10.2. The van der Waals surface area contributed by atoms with Crippen molar-refractivity contribution in [2.45, 2.75) is 26.5 Å². The largest absolute Gasteiger partial charge is 0.368 e. The summed E-state index contributed by atoms with van der Waals surface area (Å²) in [5, 5.41) is 4.37. The van der Waals surface area contributed by atoms with Crippen molar-refractivity contribution < 1.29 is 9.53 Å². The molecule has 8 nitrogen and oxygen atoms in total. The number of nitrogens with zero attached hydrogens (tertiary/aromatic N) is 6. The fourth-order valence-electron chi connectivity index (χ4n) is 3.02. The molecule has 0 bridgehead atoms. The Balaban J connectivity index is 1.73. The average molecular weight is 344 g/mol. The van der Waals surface area contributed by atoms with Crippen LogP contribution >= 0.6 is 0 Å². The van der Waals surface area contributed by atoms with E-state index < -0.39 is 0 Å². The molecule has 0 spiro atoms. The van der Waals surface area contributed by atoms with Crippen molar-refractivity contribution in [3.8, 4) is 0 Å². The Morgan fingerprint density at radius 2 is 2.08 bits per heavy atom. The summed E-state index contributed by atoms with van der Waals surface area (Å²) >= 11 is 0. The van der Waals surface area contributed by atoms with E-state index in [0.717, 1.165) is 22.9 Å². The number of carbonyl (C=O) groups excluding carboxylic acids is 1. The van der Waals surface area contributed by atoms with Crippen molar-refractivity contribution >= 4 is 11.7 Å². The highest BCUT2D eigenvalue weighted by Gasteiger charge is 2.29. The van der Waals surface area contributed by atoms with E-state index >= 15 is 0 Å². The van der Waals surface area contributed by atoms with E-state index in [9.17, 15) is 4.79 Å². The van der Waals surface area contributed by atoms with Crippen LogP contribution in [-0.2, 0) is 16.1 Å². The number of morpholine rings is 1. The Bertz CT molecular complexity index is 757. The predicted molar refractivity (Wildman–Crippen MR) is 93.3 cm³/mol. The first-order chi connectivity index (χ1) is 12.0. The second-order valence-electron chi connectivity index (χ2n) is 6.44. The van der Waals surface area contributed by atoms with Crippen molar-refractivity contribution in [3.05, 3.63) is 35.5 Å². The molecule has 1 fully saturated rings. The molecule has 1 saturated heterocycles. The fraction of sp³-hybridized carbons (Fsp3) is 0.529. The molecule has 2 aromatic heterocycles. The molecule has 134 valence electrons. The first-order valence-electron chi connectivity index (χ1n) is 8.34. The van der Waals surface area contributed by atoms with Crippen LogP contribution in [0.4, 0.5) is 5.82 Å². The summed E-state index contributed by atoms with van der Waals surface area (Å²) in [4.78, 5) is 25.2. The van der Waals surface area contributed by atoms with E-state index in [-0.39, 0.29) is 18.6 Å². The Labute approximate surface area is 147 Å². The zero-order valence-electron chi connectivity index (χ0n) is 15.1. The number of carbonyl (C=O) groups is 1. The van der Waals surface area contributed by atoms with Gasteiger partial charge in [-0.3, -0.25) is 14.5 Å². The second-order valence-corrected chi connectivity index (χ2v) is 6.44. The van der Waals surface area contributed by atoms with Crippen molar-refractivity contribution in [1.29, 1.82) is 0 Å². The summed E-state index contributed by atoms with van der Waals surface area (Å²) in [5.41, 5.74) is 2.66. The quantitative estimate of drug-likeness (QED) is 0.822. The van der Waals surface area contributed by atoms with Gasteiger partial charge in [0.2, 0.25) is 5.91 Å². The first kappa shape index (κ1) is 17.3. The van der Waals surface area contributed by atoms with Gasteiger partial charge in [-0.2, -0.15) is 5.10 Å². The summed E-state index contributed by atoms with van der Waals surface area (Å²) in [7, 11) is 3.84. The number of ether oxygens (including phenoxy) is 1. The van der Waals surface area contributed by atoms with E-state index in [4.69, 9.17) is 4.74 Å².